The van der Waals surface area contributed by atoms with Crippen LogP contribution in [-0.2, 0) is 17.9 Å². The largest absolute Gasteiger partial charge is 0.365 e. The molecule has 26 heavy (non-hydrogen) atoms. The third-order valence-corrected chi connectivity index (χ3v) is 3.99. The van der Waals surface area contributed by atoms with Crippen LogP contribution in [-0.4, -0.2) is 37.6 Å². The van der Waals surface area contributed by atoms with Crippen LogP contribution in [0, 0.1) is 5.82 Å². The lowest BCUT2D eigenvalue weighted by Gasteiger charge is -2.08. The lowest BCUT2D eigenvalue weighted by atomic mass is 10.2. The number of anilines is 1. The standard InChI is InChI=1S/C17H18ClFN6O/c1-11(18)17(26)20-6-7-25-16-14(9-24-25)15(22-10-23-16)21-8-12-2-4-13(19)5-3-12/h2-5,9-11H,6-8H2,1H3,(H,20,26)(H,21,22,23). The topological polar surface area (TPSA) is 84.7 Å². The first-order chi connectivity index (χ1) is 12.5. The van der Waals surface area contributed by atoms with Crippen molar-refractivity contribution >= 4 is 34.4 Å². The number of carbonyl (C=O) groups is 1. The summed E-state index contributed by atoms with van der Waals surface area (Å²) >= 11 is 5.71. The number of alkyl halides is 1. The minimum absolute atomic E-state index is 0.223. The van der Waals surface area contributed by atoms with Crippen molar-refractivity contribution in [1.29, 1.82) is 0 Å². The first-order valence-electron chi connectivity index (χ1n) is 8.11. The molecule has 7 nitrogen and oxygen atoms in total. The highest BCUT2D eigenvalue weighted by atomic mass is 35.5. The Morgan fingerprint density at radius 2 is 2.08 bits per heavy atom. The molecule has 0 aliphatic heterocycles. The van der Waals surface area contributed by atoms with Gasteiger partial charge in [0, 0.05) is 13.1 Å². The fourth-order valence-corrected chi connectivity index (χ4v) is 2.49. The zero-order valence-electron chi connectivity index (χ0n) is 14.1. The number of nitrogens with one attached hydrogen (secondary N) is 2. The van der Waals surface area contributed by atoms with Gasteiger partial charge in [-0.1, -0.05) is 12.1 Å². The Labute approximate surface area is 154 Å². The molecule has 9 heteroatoms. The molecule has 0 saturated carbocycles. The molecule has 2 heterocycles. The van der Waals surface area contributed by atoms with Gasteiger partial charge in [-0.15, -0.1) is 11.6 Å². The number of hydrogen-bond donors (Lipinski definition) is 2. The van der Waals surface area contributed by atoms with Gasteiger partial charge < -0.3 is 10.6 Å². The van der Waals surface area contributed by atoms with Crippen molar-refractivity contribution in [2.75, 3.05) is 11.9 Å². The number of amides is 1. The molecule has 0 spiro atoms. The quantitative estimate of drug-likeness (QED) is 0.618. The van der Waals surface area contributed by atoms with E-state index in [9.17, 15) is 9.18 Å². The van der Waals surface area contributed by atoms with Crippen molar-refractivity contribution in [3.8, 4) is 0 Å². The van der Waals surface area contributed by atoms with Gasteiger partial charge in [-0.25, -0.2) is 19.0 Å². The molecular formula is C17H18ClFN6O. The highest BCUT2D eigenvalue weighted by Crippen LogP contribution is 2.19. The van der Waals surface area contributed by atoms with E-state index in [4.69, 9.17) is 11.6 Å². The number of halogens is 2. The number of benzene rings is 1. The molecule has 3 aromatic rings. The van der Waals surface area contributed by atoms with Crippen molar-refractivity contribution in [2.24, 2.45) is 0 Å². The number of aromatic nitrogens is 4. The molecule has 3 rings (SSSR count). The minimum Gasteiger partial charge on any atom is -0.365 e. The van der Waals surface area contributed by atoms with Crippen LogP contribution in [0.1, 0.15) is 12.5 Å². The van der Waals surface area contributed by atoms with Crippen LogP contribution in [0.3, 0.4) is 0 Å². The average molecular weight is 377 g/mol. The molecule has 1 atom stereocenters. The van der Waals surface area contributed by atoms with Crippen LogP contribution < -0.4 is 10.6 Å². The molecule has 0 aliphatic carbocycles. The summed E-state index contributed by atoms with van der Waals surface area (Å²) in [6, 6.07) is 6.26. The van der Waals surface area contributed by atoms with Gasteiger partial charge in [-0.3, -0.25) is 4.79 Å². The molecule has 0 radical (unpaired) electrons. The summed E-state index contributed by atoms with van der Waals surface area (Å²) in [5, 5.41) is 10.4. The number of fused-ring (bicyclic) bond motifs is 1. The number of rotatable bonds is 7. The second kappa shape index (κ2) is 8.09. The van der Waals surface area contributed by atoms with E-state index in [1.807, 2.05) is 0 Å². The Hall–Kier alpha value is -2.74. The van der Waals surface area contributed by atoms with Crippen LogP contribution in [0.15, 0.2) is 36.8 Å². The second-order valence-corrected chi connectivity index (χ2v) is 6.37. The summed E-state index contributed by atoms with van der Waals surface area (Å²) < 4.78 is 14.7. The highest BCUT2D eigenvalue weighted by Gasteiger charge is 2.11. The third kappa shape index (κ3) is 4.26. The summed E-state index contributed by atoms with van der Waals surface area (Å²) in [5.41, 5.74) is 1.60. The van der Waals surface area contributed by atoms with Gasteiger partial charge in [-0.05, 0) is 24.6 Å². The summed E-state index contributed by atoms with van der Waals surface area (Å²) in [7, 11) is 0. The maximum Gasteiger partial charge on any atom is 0.237 e. The number of nitrogens with zero attached hydrogens (tertiary/aromatic N) is 4. The molecule has 2 aromatic heterocycles. The summed E-state index contributed by atoms with van der Waals surface area (Å²) in [6.07, 6.45) is 3.13. The fourth-order valence-electron chi connectivity index (χ4n) is 2.41. The van der Waals surface area contributed by atoms with E-state index < -0.39 is 5.38 Å². The summed E-state index contributed by atoms with van der Waals surface area (Å²) in [4.78, 5) is 20.0. The van der Waals surface area contributed by atoms with Crippen molar-refractivity contribution in [1.82, 2.24) is 25.1 Å². The van der Waals surface area contributed by atoms with E-state index in [-0.39, 0.29) is 11.7 Å². The molecule has 1 aromatic carbocycles. The van der Waals surface area contributed by atoms with Crippen molar-refractivity contribution in [2.45, 2.75) is 25.4 Å². The molecule has 2 N–H and O–H groups in total. The van der Waals surface area contributed by atoms with E-state index in [1.165, 1.54) is 18.5 Å². The Balaban J connectivity index is 1.68. The molecule has 0 aliphatic rings. The first kappa shape index (κ1) is 18.1. The smallest absolute Gasteiger partial charge is 0.237 e. The van der Waals surface area contributed by atoms with Crippen molar-refractivity contribution in [3.05, 3.63) is 48.2 Å². The molecular weight excluding hydrogens is 359 g/mol. The minimum atomic E-state index is -0.575. The first-order valence-corrected chi connectivity index (χ1v) is 8.55. The van der Waals surface area contributed by atoms with E-state index in [0.717, 1.165) is 10.9 Å². The molecule has 0 bridgehead atoms. The maximum atomic E-state index is 13.0. The van der Waals surface area contributed by atoms with E-state index in [2.05, 4.69) is 25.7 Å². The van der Waals surface area contributed by atoms with Crippen molar-refractivity contribution < 1.29 is 9.18 Å². The SMILES string of the molecule is CC(Cl)C(=O)NCCn1ncc2c(NCc3ccc(F)cc3)ncnc21. The molecule has 1 amide bonds. The number of carbonyl (C=O) groups excluding carboxylic acids is 1. The van der Waals surface area contributed by atoms with Crippen molar-refractivity contribution in [3.63, 3.8) is 0 Å². The summed E-state index contributed by atoms with van der Waals surface area (Å²) in [6.45, 7) is 2.98. The van der Waals surface area contributed by atoms with Crippen LogP contribution in [0.2, 0.25) is 0 Å². The normalized spacial score (nSPS) is 12.1. The monoisotopic (exact) mass is 376 g/mol. The highest BCUT2D eigenvalue weighted by molar-refractivity contribution is 6.30. The Morgan fingerprint density at radius 3 is 2.81 bits per heavy atom. The summed E-state index contributed by atoms with van der Waals surface area (Å²) in [5.74, 6) is 0.151. The van der Waals surface area contributed by atoms with Crippen LogP contribution in [0.4, 0.5) is 10.2 Å². The number of hydrogen-bond acceptors (Lipinski definition) is 5. The van der Waals surface area contributed by atoms with Gasteiger partial charge in [-0.2, -0.15) is 5.10 Å². The van der Waals surface area contributed by atoms with E-state index in [0.29, 0.717) is 31.1 Å². The van der Waals surface area contributed by atoms with Gasteiger partial charge in [0.1, 0.15) is 23.3 Å². The Kier molecular flexibility index (Phi) is 5.62. The maximum absolute atomic E-state index is 13.0. The molecule has 1 unspecified atom stereocenters. The second-order valence-electron chi connectivity index (χ2n) is 5.71. The van der Waals surface area contributed by atoms with Gasteiger partial charge in [0.2, 0.25) is 5.91 Å². The predicted molar refractivity (Wildman–Crippen MR) is 97.4 cm³/mol. The van der Waals surface area contributed by atoms with E-state index >= 15 is 0 Å². The van der Waals surface area contributed by atoms with Crippen LogP contribution in [0.25, 0.3) is 11.0 Å². The zero-order chi connectivity index (χ0) is 18.5. The fraction of sp³-hybridized carbons (Fsp3) is 0.294. The average Bonchev–Trinajstić information content (AvgIpc) is 3.05. The zero-order valence-corrected chi connectivity index (χ0v) is 14.9. The van der Waals surface area contributed by atoms with Gasteiger partial charge in [0.15, 0.2) is 5.65 Å². The third-order valence-electron chi connectivity index (χ3n) is 3.79. The lowest BCUT2D eigenvalue weighted by Crippen LogP contribution is -2.32. The van der Waals surface area contributed by atoms with Crippen LogP contribution >= 0.6 is 11.6 Å². The Morgan fingerprint density at radius 1 is 1.31 bits per heavy atom. The Bertz CT molecular complexity index is 896. The van der Waals surface area contributed by atoms with Crippen LogP contribution in [0.5, 0.6) is 0 Å². The predicted octanol–water partition coefficient (Wildman–Crippen LogP) is 2.32. The lowest BCUT2D eigenvalue weighted by molar-refractivity contribution is -0.120. The van der Waals surface area contributed by atoms with Gasteiger partial charge in [0.25, 0.3) is 0 Å². The molecule has 0 fully saturated rings. The van der Waals surface area contributed by atoms with E-state index in [1.54, 1.807) is 29.9 Å². The molecule has 136 valence electrons. The molecule has 0 saturated heterocycles. The van der Waals surface area contributed by atoms with Gasteiger partial charge in [0.05, 0.1) is 18.1 Å². The van der Waals surface area contributed by atoms with Gasteiger partial charge >= 0.3 is 0 Å².